The molecule has 9 nitrogen and oxygen atoms in total. The Morgan fingerprint density at radius 2 is 1.50 bits per heavy atom. The molecule has 0 atom stereocenters. The highest BCUT2D eigenvalue weighted by atomic mass is 16.5. The Hall–Kier alpha value is -3.07. The Bertz CT molecular complexity index is 905. The molecule has 172 valence electrons. The normalized spacial score (nSPS) is 17.4. The topological polar surface area (TPSA) is 77.1 Å². The lowest BCUT2D eigenvalue weighted by molar-refractivity contribution is 0.208. The first-order chi connectivity index (χ1) is 15.5. The van der Waals surface area contributed by atoms with Gasteiger partial charge in [-0.05, 0) is 45.2 Å². The number of hydrogen-bond acceptors (Lipinski definition) is 7. The van der Waals surface area contributed by atoms with Gasteiger partial charge in [-0.3, -0.25) is 0 Å². The van der Waals surface area contributed by atoms with Gasteiger partial charge in [-0.1, -0.05) is 0 Å². The third kappa shape index (κ3) is 5.40. The van der Waals surface area contributed by atoms with Crippen molar-refractivity contribution in [1.82, 2.24) is 19.8 Å². The Kier molecular flexibility index (Phi) is 6.94. The standard InChI is InChI=1S/C23H33N7O2/c1-4-32-20-7-5-19(6-8-20)26-23(31)30-15-13-29(14-16-30)22-17-21(24-18(2)25-22)28-11-9-27(3)10-12-28/h5-8,17H,4,9-16H2,1-3H3,(H,26,31). The van der Waals surface area contributed by atoms with Crippen LogP contribution in [0.5, 0.6) is 5.75 Å². The fourth-order valence-corrected chi connectivity index (χ4v) is 4.04. The lowest BCUT2D eigenvalue weighted by Crippen LogP contribution is -2.50. The molecule has 0 aliphatic carbocycles. The van der Waals surface area contributed by atoms with Crippen molar-refractivity contribution in [3.63, 3.8) is 0 Å². The molecule has 0 unspecified atom stereocenters. The number of benzene rings is 1. The minimum absolute atomic E-state index is 0.0780. The molecular weight excluding hydrogens is 406 g/mol. The molecule has 0 saturated carbocycles. The molecule has 4 rings (SSSR count). The molecule has 1 aromatic heterocycles. The van der Waals surface area contributed by atoms with Crippen LogP contribution in [0.4, 0.5) is 22.1 Å². The van der Waals surface area contributed by atoms with Crippen LogP contribution >= 0.6 is 0 Å². The van der Waals surface area contributed by atoms with E-state index in [9.17, 15) is 4.79 Å². The summed E-state index contributed by atoms with van der Waals surface area (Å²) in [6.45, 7) is 11.3. The van der Waals surface area contributed by atoms with E-state index < -0.39 is 0 Å². The molecule has 1 N–H and O–H groups in total. The molecule has 0 spiro atoms. The number of anilines is 3. The van der Waals surface area contributed by atoms with Crippen LogP contribution in [-0.4, -0.2) is 91.8 Å². The number of piperazine rings is 2. The van der Waals surface area contributed by atoms with Gasteiger partial charge in [0.15, 0.2) is 0 Å². The van der Waals surface area contributed by atoms with Crippen molar-refractivity contribution in [3.05, 3.63) is 36.2 Å². The Morgan fingerprint density at radius 3 is 2.06 bits per heavy atom. The van der Waals surface area contributed by atoms with E-state index in [2.05, 4.69) is 43.1 Å². The molecule has 2 aliphatic heterocycles. The molecule has 2 fully saturated rings. The van der Waals surface area contributed by atoms with E-state index in [-0.39, 0.29) is 6.03 Å². The van der Waals surface area contributed by atoms with E-state index in [4.69, 9.17) is 4.74 Å². The summed E-state index contributed by atoms with van der Waals surface area (Å²) >= 11 is 0. The highest BCUT2D eigenvalue weighted by Crippen LogP contribution is 2.22. The molecular formula is C23H33N7O2. The molecule has 32 heavy (non-hydrogen) atoms. The van der Waals surface area contributed by atoms with E-state index in [1.54, 1.807) is 0 Å². The summed E-state index contributed by atoms with van der Waals surface area (Å²) in [6.07, 6.45) is 0. The van der Waals surface area contributed by atoms with Gasteiger partial charge in [-0.25, -0.2) is 14.8 Å². The second-order valence-electron chi connectivity index (χ2n) is 8.28. The summed E-state index contributed by atoms with van der Waals surface area (Å²) in [6, 6.07) is 9.48. The van der Waals surface area contributed by atoms with Gasteiger partial charge in [0, 0.05) is 64.1 Å². The number of nitrogens with zero attached hydrogens (tertiary/aromatic N) is 6. The van der Waals surface area contributed by atoms with Crippen molar-refractivity contribution in [2.24, 2.45) is 0 Å². The van der Waals surface area contributed by atoms with Crippen molar-refractivity contribution < 1.29 is 9.53 Å². The van der Waals surface area contributed by atoms with E-state index in [0.29, 0.717) is 19.7 Å². The van der Waals surface area contributed by atoms with Gasteiger partial charge in [-0.2, -0.15) is 0 Å². The number of hydrogen-bond donors (Lipinski definition) is 1. The third-order valence-electron chi connectivity index (χ3n) is 5.95. The first-order valence-electron chi connectivity index (χ1n) is 11.3. The van der Waals surface area contributed by atoms with Gasteiger partial charge >= 0.3 is 6.03 Å². The van der Waals surface area contributed by atoms with Crippen LogP contribution in [0.3, 0.4) is 0 Å². The Labute approximate surface area is 190 Å². The van der Waals surface area contributed by atoms with Gasteiger partial charge < -0.3 is 29.7 Å². The monoisotopic (exact) mass is 439 g/mol. The molecule has 1 aromatic carbocycles. The zero-order valence-electron chi connectivity index (χ0n) is 19.3. The molecule has 3 heterocycles. The number of rotatable bonds is 5. The summed E-state index contributed by atoms with van der Waals surface area (Å²) in [4.78, 5) is 30.8. The predicted molar refractivity (Wildman–Crippen MR) is 127 cm³/mol. The maximum Gasteiger partial charge on any atom is 0.321 e. The Morgan fingerprint density at radius 1 is 0.938 bits per heavy atom. The van der Waals surface area contributed by atoms with E-state index in [1.807, 2.05) is 43.0 Å². The second kappa shape index (κ2) is 10.0. The van der Waals surface area contributed by atoms with Crippen LogP contribution in [0, 0.1) is 6.92 Å². The average Bonchev–Trinajstić information content (AvgIpc) is 2.81. The van der Waals surface area contributed by atoms with Gasteiger partial charge in [0.1, 0.15) is 23.2 Å². The summed E-state index contributed by atoms with van der Waals surface area (Å²) in [5.74, 6) is 3.52. The lowest BCUT2D eigenvalue weighted by atomic mass is 10.3. The molecule has 0 bridgehead atoms. The number of amides is 2. The first-order valence-corrected chi connectivity index (χ1v) is 11.3. The summed E-state index contributed by atoms with van der Waals surface area (Å²) in [7, 11) is 2.15. The molecule has 2 saturated heterocycles. The number of nitrogens with one attached hydrogen (secondary N) is 1. The van der Waals surface area contributed by atoms with E-state index in [0.717, 1.165) is 68.2 Å². The summed E-state index contributed by atoms with van der Waals surface area (Å²) in [5, 5.41) is 2.98. The quantitative estimate of drug-likeness (QED) is 0.766. The van der Waals surface area contributed by atoms with Crippen LogP contribution in [0.2, 0.25) is 0 Å². The highest BCUT2D eigenvalue weighted by molar-refractivity contribution is 5.89. The SMILES string of the molecule is CCOc1ccc(NC(=O)N2CCN(c3cc(N4CCN(C)CC4)nc(C)n3)CC2)cc1. The summed E-state index contributed by atoms with van der Waals surface area (Å²) < 4.78 is 5.45. The van der Waals surface area contributed by atoms with Crippen molar-refractivity contribution >= 4 is 23.4 Å². The summed E-state index contributed by atoms with van der Waals surface area (Å²) in [5.41, 5.74) is 0.768. The number of aryl methyl sites for hydroxylation is 1. The number of urea groups is 1. The first kappa shape index (κ1) is 22.1. The maximum absolute atomic E-state index is 12.7. The molecule has 9 heteroatoms. The fourth-order valence-electron chi connectivity index (χ4n) is 4.04. The highest BCUT2D eigenvalue weighted by Gasteiger charge is 2.24. The van der Waals surface area contributed by atoms with Gasteiger partial charge in [0.2, 0.25) is 0 Å². The number of carbonyl (C=O) groups is 1. The van der Waals surface area contributed by atoms with Crippen LogP contribution in [0.15, 0.2) is 30.3 Å². The minimum Gasteiger partial charge on any atom is -0.494 e. The van der Waals surface area contributed by atoms with Gasteiger partial charge in [0.25, 0.3) is 0 Å². The second-order valence-corrected chi connectivity index (χ2v) is 8.28. The zero-order chi connectivity index (χ0) is 22.5. The zero-order valence-corrected chi connectivity index (χ0v) is 19.3. The van der Waals surface area contributed by atoms with Crippen molar-refractivity contribution in [1.29, 1.82) is 0 Å². The largest absolute Gasteiger partial charge is 0.494 e. The number of aromatic nitrogens is 2. The number of ether oxygens (including phenoxy) is 1. The van der Waals surface area contributed by atoms with Crippen molar-refractivity contribution in [3.8, 4) is 5.75 Å². The molecule has 2 amide bonds. The lowest BCUT2D eigenvalue weighted by Gasteiger charge is -2.36. The molecule has 0 radical (unpaired) electrons. The number of likely N-dealkylation sites (N-methyl/N-ethyl adjacent to an activating group) is 1. The maximum atomic E-state index is 12.7. The van der Waals surface area contributed by atoms with Crippen LogP contribution in [0.25, 0.3) is 0 Å². The molecule has 2 aromatic rings. The number of carbonyl (C=O) groups excluding carboxylic acids is 1. The third-order valence-corrected chi connectivity index (χ3v) is 5.95. The van der Waals surface area contributed by atoms with Crippen molar-refractivity contribution in [2.75, 3.05) is 81.1 Å². The fraction of sp³-hybridized carbons (Fsp3) is 0.522. The van der Waals surface area contributed by atoms with Crippen LogP contribution in [-0.2, 0) is 0 Å². The van der Waals surface area contributed by atoms with Gasteiger partial charge in [0.05, 0.1) is 6.61 Å². The minimum atomic E-state index is -0.0780. The predicted octanol–water partition coefficient (Wildman–Crippen LogP) is 2.29. The Balaban J connectivity index is 1.33. The van der Waals surface area contributed by atoms with E-state index in [1.165, 1.54) is 0 Å². The average molecular weight is 440 g/mol. The van der Waals surface area contributed by atoms with Crippen LogP contribution < -0.4 is 19.9 Å². The smallest absolute Gasteiger partial charge is 0.321 e. The molecule has 2 aliphatic rings. The van der Waals surface area contributed by atoms with Crippen LogP contribution in [0.1, 0.15) is 12.7 Å². The van der Waals surface area contributed by atoms with Gasteiger partial charge in [-0.15, -0.1) is 0 Å². The van der Waals surface area contributed by atoms with E-state index >= 15 is 0 Å². The van der Waals surface area contributed by atoms with Crippen molar-refractivity contribution in [2.45, 2.75) is 13.8 Å².